The molecule has 0 amide bonds. The molecule has 0 saturated carbocycles. The largest absolute Gasteiger partial charge is 0.376 e. The minimum atomic E-state index is -0.294. The maximum absolute atomic E-state index is 13.3. The van der Waals surface area contributed by atoms with E-state index in [-0.39, 0.29) is 23.5 Å². The maximum Gasteiger partial charge on any atom is 0.192 e. The van der Waals surface area contributed by atoms with Crippen LogP contribution in [0, 0.1) is 5.82 Å². The number of carbonyl (C=O) groups is 1. The smallest absolute Gasteiger partial charge is 0.192 e. The Balaban J connectivity index is 1.57. The first kappa shape index (κ1) is 18.8. The Bertz CT molecular complexity index is 938. The number of nitrogens with zero attached hydrogens (tertiary/aromatic N) is 3. The van der Waals surface area contributed by atoms with Crippen LogP contribution in [0.25, 0.3) is 11.4 Å². The molecule has 0 bridgehead atoms. The Hall–Kier alpha value is -2.51. The van der Waals surface area contributed by atoms with Crippen molar-refractivity contribution in [2.45, 2.75) is 30.6 Å². The fraction of sp³-hybridized carbons (Fsp3) is 0.286. The average Bonchev–Trinajstić information content (AvgIpc) is 3.38. The fourth-order valence-electron chi connectivity index (χ4n) is 3.20. The molecule has 0 N–H and O–H groups in total. The van der Waals surface area contributed by atoms with Crippen LogP contribution < -0.4 is 0 Å². The number of ether oxygens (including phenoxy) is 1. The molecule has 28 heavy (non-hydrogen) atoms. The van der Waals surface area contributed by atoms with Gasteiger partial charge < -0.3 is 4.74 Å². The third kappa shape index (κ3) is 4.31. The molecule has 1 fully saturated rings. The molecule has 1 saturated heterocycles. The van der Waals surface area contributed by atoms with E-state index in [2.05, 4.69) is 10.2 Å². The van der Waals surface area contributed by atoms with Gasteiger partial charge in [-0.2, -0.15) is 0 Å². The fourth-order valence-corrected chi connectivity index (χ4v) is 4.04. The lowest BCUT2D eigenvalue weighted by Gasteiger charge is -2.14. The predicted molar refractivity (Wildman–Crippen MR) is 106 cm³/mol. The number of aromatic nitrogens is 3. The minimum absolute atomic E-state index is 0.0422. The highest BCUT2D eigenvalue weighted by molar-refractivity contribution is 7.99. The summed E-state index contributed by atoms with van der Waals surface area (Å²) in [5, 5.41) is 9.27. The van der Waals surface area contributed by atoms with Gasteiger partial charge in [-0.3, -0.25) is 9.36 Å². The van der Waals surface area contributed by atoms with Crippen LogP contribution in [0.4, 0.5) is 4.39 Å². The number of thioether (sulfide) groups is 1. The van der Waals surface area contributed by atoms with Gasteiger partial charge in [0.2, 0.25) is 0 Å². The molecule has 0 aliphatic carbocycles. The molecule has 0 radical (unpaired) electrons. The first-order valence-corrected chi connectivity index (χ1v) is 10.2. The molecular formula is C21H20FN3O2S. The van der Waals surface area contributed by atoms with E-state index in [1.807, 2.05) is 34.9 Å². The Kier molecular flexibility index (Phi) is 5.83. The van der Waals surface area contributed by atoms with Crippen LogP contribution in [-0.2, 0) is 11.3 Å². The molecule has 5 nitrogen and oxygen atoms in total. The quantitative estimate of drug-likeness (QED) is 0.441. The van der Waals surface area contributed by atoms with Crippen molar-refractivity contribution in [2.24, 2.45) is 0 Å². The third-order valence-corrected chi connectivity index (χ3v) is 5.62. The van der Waals surface area contributed by atoms with E-state index in [4.69, 9.17) is 4.74 Å². The Morgan fingerprint density at radius 1 is 1.14 bits per heavy atom. The zero-order valence-corrected chi connectivity index (χ0v) is 16.1. The minimum Gasteiger partial charge on any atom is -0.376 e. The molecule has 1 aliphatic rings. The predicted octanol–water partition coefficient (Wildman–Crippen LogP) is 4.24. The number of ketones is 1. The normalized spacial score (nSPS) is 16.4. The number of hydrogen-bond acceptors (Lipinski definition) is 5. The maximum atomic E-state index is 13.3. The number of carbonyl (C=O) groups excluding carboxylic acids is 1. The van der Waals surface area contributed by atoms with Crippen molar-refractivity contribution in [3.05, 3.63) is 66.0 Å². The van der Waals surface area contributed by atoms with Gasteiger partial charge in [-0.1, -0.05) is 42.1 Å². The van der Waals surface area contributed by atoms with E-state index in [9.17, 15) is 9.18 Å². The van der Waals surface area contributed by atoms with Crippen molar-refractivity contribution in [2.75, 3.05) is 12.4 Å². The van der Waals surface area contributed by atoms with Gasteiger partial charge in [-0.25, -0.2) is 4.39 Å². The Morgan fingerprint density at radius 2 is 1.93 bits per heavy atom. The molecule has 2 heterocycles. The average molecular weight is 397 g/mol. The van der Waals surface area contributed by atoms with Crippen LogP contribution >= 0.6 is 11.8 Å². The van der Waals surface area contributed by atoms with Crippen molar-refractivity contribution >= 4 is 17.5 Å². The van der Waals surface area contributed by atoms with Crippen LogP contribution in [0.15, 0.2) is 59.8 Å². The molecule has 1 aromatic heterocycles. The van der Waals surface area contributed by atoms with Gasteiger partial charge in [0.15, 0.2) is 16.8 Å². The molecule has 4 rings (SSSR count). The topological polar surface area (TPSA) is 57.0 Å². The molecule has 7 heteroatoms. The first-order valence-electron chi connectivity index (χ1n) is 9.22. The Labute approximate surface area is 166 Å². The summed E-state index contributed by atoms with van der Waals surface area (Å²) in [6.07, 6.45) is 2.11. The van der Waals surface area contributed by atoms with Crippen LogP contribution in [-0.4, -0.2) is 39.0 Å². The van der Waals surface area contributed by atoms with E-state index < -0.39 is 0 Å². The summed E-state index contributed by atoms with van der Waals surface area (Å²) in [5.41, 5.74) is 1.46. The van der Waals surface area contributed by atoms with E-state index in [0.29, 0.717) is 23.1 Å². The number of hydrogen-bond donors (Lipinski definition) is 0. The van der Waals surface area contributed by atoms with Crippen molar-refractivity contribution in [1.29, 1.82) is 0 Å². The molecule has 1 aliphatic heterocycles. The molecular weight excluding hydrogens is 377 g/mol. The van der Waals surface area contributed by atoms with Crippen molar-refractivity contribution in [3.8, 4) is 11.4 Å². The second-order valence-corrected chi connectivity index (χ2v) is 7.58. The van der Waals surface area contributed by atoms with Crippen molar-refractivity contribution < 1.29 is 13.9 Å². The summed E-state index contributed by atoms with van der Waals surface area (Å²) in [7, 11) is 0. The SMILES string of the molecule is O=C(CSc1nnc(-c2ccc(F)cc2)n1C[C@@H]1CCCO1)c1ccccc1. The standard InChI is InChI=1S/C21H20FN3O2S/c22-17-10-8-16(9-11-17)20-23-24-21(25(20)13-18-7-4-12-27-18)28-14-19(26)15-5-2-1-3-6-15/h1-3,5-6,8-11,18H,4,7,12-14H2/t18-/m0/s1. The summed E-state index contributed by atoms with van der Waals surface area (Å²) in [6, 6.07) is 15.4. The van der Waals surface area contributed by atoms with Crippen molar-refractivity contribution in [3.63, 3.8) is 0 Å². The summed E-state index contributed by atoms with van der Waals surface area (Å²) < 4.78 is 21.1. The van der Waals surface area contributed by atoms with Gasteiger partial charge >= 0.3 is 0 Å². The van der Waals surface area contributed by atoms with Crippen LogP contribution in [0.3, 0.4) is 0 Å². The van der Waals surface area contributed by atoms with E-state index in [1.165, 1.54) is 23.9 Å². The highest BCUT2D eigenvalue weighted by Gasteiger charge is 2.22. The zero-order valence-electron chi connectivity index (χ0n) is 15.3. The number of rotatable bonds is 7. The van der Waals surface area contributed by atoms with Gasteiger partial charge in [0.25, 0.3) is 0 Å². The number of halogens is 1. The van der Waals surface area contributed by atoms with E-state index >= 15 is 0 Å². The molecule has 144 valence electrons. The van der Waals surface area contributed by atoms with Crippen molar-refractivity contribution in [1.82, 2.24) is 14.8 Å². The number of Topliss-reactive ketones (excluding diaryl/α,β-unsaturated/α-hetero) is 1. The lowest BCUT2D eigenvalue weighted by molar-refractivity contribution is 0.0953. The molecule has 2 aromatic carbocycles. The third-order valence-electron chi connectivity index (χ3n) is 4.66. The molecule has 0 spiro atoms. The highest BCUT2D eigenvalue weighted by Crippen LogP contribution is 2.27. The van der Waals surface area contributed by atoms with Crippen LogP contribution in [0.1, 0.15) is 23.2 Å². The van der Waals surface area contributed by atoms with Crippen LogP contribution in [0.2, 0.25) is 0 Å². The van der Waals surface area contributed by atoms with Gasteiger partial charge in [-0.15, -0.1) is 10.2 Å². The summed E-state index contributed by atoms with van der Waals surface area (Å²) >= 11 is 1.36. The molecule has 3 aromatic rings. The molecule has 0 unspecified atom stereocenters. The lowest BCUT2D eigenvalue weighted by atomic mass is 10.2. The summed E-state index contributed by atoms with van der Waals surface area (Å²) in [5.74, 6) is 0.680. The zero-order chi connectivity index (χ0) is 19.3. The lowest BCUT2D eigenvalue weighted by Crippen LogP contribution is -2.17. The summed E-state index contributed by atoms with van der Waals surface area (Å²) in [6.45, 7) is 1.37. The van der Waals surface area contributed by atoms with Gasteiger partial charge in [0, 0.05) is 17.7 Å². The highest BCUT2D eigenvalue weighted by atomic mass is 32.2. The van der Waals surface area contributed by atoms with Gasteiger partial charge in [0.1, 0.15) is 5.82 Å². The number of benzene rings is 2. The second kappa shape index (κ2) is 8.67. The second-order valence-electron chi connectivity index (χ2n) is 6.64. The van der Waals surface area contributed by atoms with E-state index in [0.717, 1.165) is 25.0 Å². The summed E-state index contributed by atoms with van der Waals surface area (Å²) in [4.78, 5) is 12.4. The first-order chi connectivity index (χ1) is 13.7. The molecule has 1 atom stereocenters. The van der Waals surface area contributed by atoms with E-state index in [1.54, 1.807) is 12.1 Å². The van der Waals surface area contributed by atoms with Gasteiger partial charge in [0.05, 0.1) is 18.4 Å². The Morgan fingerprint density at radius 3 is 2.64 bits per heavy atom. The monoisotopic (exact) mass is 397 g/mol. The van der Waals surface area contributed by atoms with Gasteiger partial charge in [-0.05, 0) is 37.1 Å². The van der Waals surface area contributed by atoms with Crippen LogP contribution in [0.5, 0.6) is 0 Å².